The summed E-state index contributed by atoms with van der Waals surface area (Å²) in [5.41, 5.74) is 0.191. The van der Waals surface area contributed by atoms with E-state index in [2.05, 4.69) is 21.2 Å². The number of aromatic nitrogens is 1. The van der Waals surface area contributed by atoms with E-state index in [0.29, 0.717) is 62.0 Å². The molecule has 2 aromatic heterocycles. The van der Waals surface area contributed by atoms with Crippen molar-refractivity contribution >= 4 is 45.1 Å². The van der Waals surface area contributed by atoms with E-state index in [9.17, 15) is 35.9 Å². The fourth-order valence-electron chi connectivity index (χ4n) is 5.79. The molecular weight excluding hydrogens is 768 g/mol. The lowest BCUT2D eigenvalue weighted by atomic mass is 9.95. The van der Waals surface area contributed by atoms with Crippen LogP contribution in [0.3, 0.4) is 0 Å². The Morgan fingerprint density at radius 3 is 2.27 bits per heavy atom. The van der Waals surface area contributed by atoms with Crippen LogP contribution in [0.1, 0.15) is 64.0 Å². The summed E-state index contributed by atoms with van der Waals surface area (Å²) in [5.74, 6) is 0.432. The van der Waals surface area contributed by atoms with E-state index < -0.39 is 53.3 Å². The number of hydrogen-bond donors (Lipinski definition) is 1. The molecule has 0 radical (unpaired) electrons. The topological polar surface area (TPSA) is 90.0 Å². The molecule has 1 aliphatic rings. The van der Waals surface area contributed by atoms with E-state index in [4.69, 9.17) is 19.2 Å². The second-order valence-corrected chi connectivity index (χ2v) is 13.5. The third-order valence-corrected chi connectivity index (χ3v) is 10.1. The van der Waals surface area contributed by atoms with E-state index in [1.165, 1.54) is 37.4 Å². The predicted molar refractivity (Wildman–Crippen MR) is 183 cm³/mol. The van der Waals surface area contributed by atoms with Crippen molar-refractivity contribution in [3.63, 3.8) is 0 Å². The minimum Gasteiger partial charge on any atom is -0.496 e. The summed E-state index contributed by atoms with van der Waals surface area (Å²) < 4.78 is 98.7. The van der Waals surface area contributed by atoms with E-state index in [1.54, 1.807) is 19.1 Å². The normalized spacial score (nSPS) is 16.3. The molecule has 2 atom stereocenters. The maximum Gasteiger partial charge on any atom is 0.416 e. The summed E-state index contributed by atoms with van der Waals surface area (Å²) >= 11 is 4.81. The molecule has 1 fully saturated rings. The number of nitrogens with one attached hydrogen (secondary N) is 1. The van der Waals surface area contributed by atoms with E-state index >= 15 is 0 Å². The molecule has 1 amide bonds. The number of carbonyl (C=O) groups excluding carboxylic acids is 2. The number of carbonyl (C=O) groups is 2. The lowest BCUT2D eigenvalue weighted by Crippen LogP contribution is -2.32. The Kier molecular flexibility index (Phi) is 11.0. The van der Waals surface area contributed by atoms with Gasteiger partial charge in [0.15, 0.2) is 0 Å². The summed E-state index contributed by atoms with van der Waals surface area (Å²) in [6, 6.07) is 7.37. The molecule has 51 heavy (non-hydrogen) atoms. The van der Waals surface area contributed by atoms with Gasteiger partial charge in [0, 0.05) is 17.7 Å². The summed E-state index contributed by atoms with van der Waals surface area (Å²) in [6.07, 6.45) is -11.8. The Bertz CT molecular complexity index is 1930. The van der Waals surface area contributed by atoms with Gasteiger partial charge < -0.3 is 19.5 Å². The average molecular weight is 801 g/mol. The Labute approximate surface area is 301 Å². The molecule has 272 valence electrons. The second kappa shape index (κ2) is 14.7. The molecule has 1 saturated heterocycles. The second-order valence-electron chi connectivity index (χ2n) is 11.8. The van der Waals surface area contributed by atoms with Gasteiger partial charge in [-0.05, 0) is 100 Å². The van der Waals surface area contributed by atoms with Gasteiger partial charge in [-0.2, -0.15) is 26.3 Å². The third-order valence-electron chi connectivity index (χ3n) is 8.46. The van der Waals surface area contributed by atoms with Crippen molar-refractivity contribution in [2.24, 2.45) is 0 Å². The molecule has 2 aromatic carbocycles. The zero-order valence-corrected chi connectivity index (χ0v) is 30.3. The van der Waals surface area contributed by atoms with Crippen molar-refractivity contribution in [1.82, 2.24) is 9.88 Å². The van der Waals surface area contributed by atoms with Gasteiger partial charge in [-0.15, -0.1) is 11.3 Å². The van der Waals surface area contributed by atoms with Crippen LogP contribution in [0.4, 0.5) is 37.0 Å². The van der Waals surface area contributed by atoms with Crippen molar-refractivity contribution in [2.75, 3.05) is 26.1 Å². The van der Waals surface area contributed by atoms with Crippen molar-refractivity contribution < 1.29 is 50.1 Å². The number of halogens is 7. The molecule has 3 heterocycles. The molecule has 0 spiro atoms. The molecule has 16 heteroatoms. The highest BCUT2D eigenvalue weighted by molar-refractivity contribution is 9.10. The Hall–Kier alpha value is -4.31. The van der Waals surface area contributed by atoms with Gasteiger partial charge in [0.2, 0.25) is 0 Å². The lowest BCUT2D eigenvalue weighted by Gasteiger charge is -2.24. The van der Waals surface area contributed by atoms with E-state index in [-0.39, 0.29) is 12.6 Å². The number of cyclic esters (lactones) is 1. The average Bonchev–Trinajstić information content (AvgIpc) is 3.60. The monoisotopic (exact) mass is 799 g/mol. The minimum absolute atomic E-state index is 0.0287. The standard InChI is InChI=1S/C35H32BrF6N3O5S/c1-6-9-43-31-26(36)14-23(24-12-19(7-8-28(24)48-4)25-16-51-30(17(25)2)32(46)49-5)27(44-31)15-45-18(3)29(50-33(45)47)20-10-21(34(37,38)39)13-22(11-20)35(40,41)42/h7-8,10-14,16,18,29H,6,9,15H2,1-5H3,(H,43,44)/t18-,29-/m0/s1. The molecule has 8 nitrogen and oxygen atoms in total. The number of esters is 1. The number of pyridine rings is 1. The Balaban J connectivity index is 1.60. The third kappa shape index (κ3) is 7.81. The van der Waals surface area contributed by atoms with Crippen molar-refractivity contribution in [3.8, 4) is 28.0 Å². The maximum absolute atomic E-state index is 13.7. The molecule has 0 unspecified atom stereocenters. The first-order valence-corrected chi connectivity index (χ1v) is 17.2. The van der Waals surface area contributed by atoms with E-state index in [1.807, 2.05) is 24.4 Å². The first-order chi connectivity index (χ1) is 24.0. The van der Waals surface area contributed by atoms with Crippen LogP contribution in [-0.4, -0.2) is 48.8 Å². The van der Waals surface area contributed by atoms with Crippen LogP contribution in [0.2, 0.25) is 0 Å². The number of hydrogen-bond acceptors (Lipinski definition) is 8. The SMILES string of the molecule is CCCNc1nc(CN2C(=O)O[C@H](c3cc(C(F)(F)F)cc(C(F)(F)F)c3)[C@@H]2C)c(-c2cc(-c3csc(C(=O)OC)c3C)ccc2OC)cc1Br. The van der Waals surface area contributed by atoms with Crippen molar-refractivity contribution in [3.05, 3.63) is 85.1 Å². The number of anilines is 1. The Morgan fingerprint density at radius 1 is 1.02 bits per heavy atom. The largest absolute Gasteiger partial charge is 0.496 e. The number of methoxy groups -OCH3 is 2. The van der Waals surface area contributed by atoms with Gasteiger partial charge in [-0.3, -0.25) is 4.90 Å². The number of amides is 1. The van der Waals surface area contributed by atoms with Gasteiger partial charge >= 0.3 is 24.4 Å². The first-order valence-electron chi connectivity index (χ1n) is 15.5. The van der Waals surface area contributed by atoms with Crippen LogP contribution in [0, 0.1) is 6.92 Å². The molecule has 5 rings (SSSR count). The smallest absolute Gasteiger partial charge is 0.416 e. The molecule has 4 aromatic rings. The van der Waals surface area contributed by atoms with Gasteiger partial charge in [-0.25, -0.2) is 14.6 Å². The van der Waals surface area contributed by atoms with Gasteiger partial charge in [-0.1, -0.05) is 13.0 Å². The Morgan fingerprint density at radius 2 is 1.69 bits per heavy atom. The van der Waals surface area contributed by atoms with Crippen molar-refractivity contribution in [2.45, 2.75) is 58.2 Å². The lowest BCUT2D eigenvalue weighted by molar-refractivity contribution is -0.143. The number of nitrogens with zero attached hydrogens (tertiary/aromatic N) is 2. The highest BCUT2D eigenvalue weighted by atomic mass is 79.9. The van der Waals surface area contributed by atoms with Gasteiger partial charge in [0.05, 0.1) is 48.1 Å². The first kappa shape index (κ1) is 37.9. The fourth-order valence-corrected chi connectivity index (χ4v) is 7.27. The molecule has 0 bridgehead atoms. The molecule has 1 aliphatic heterocycles. The molecule has 1 N–H and O–H groups in total. The van der Waals surface area contributed by atoms with E-state index in [0.717, 1.165) is 17.5 Å². The number of ether oxygens (including phenoxy) is 3. The zero-order valence-electron chi connectivity index (χ0n) is 27.9. The number of alkyl halides is 6. The van der Waals surface area contributed by atoms with Crippen LogP contribution in [0.25, 0.3) is 22.3 Å². The highest BCUT2D eigenvalue weighted by Crippen LogP contribution is 2.44. The van der Waals surface area contributed by atoms with Crippen LogP contribution in [-0.2, 0) is 28.4 Å². The summed E-state index contributed by atoms with van der Waals surface area (Å²) in [4.78, 5) is 32.1. The summed E-state index contributed by atoms with van der Waals surface area (Å²) in [5, 5.41) is 5.05. The van der Waals surface area contributed by atoms with Crippen LogP contribution in [0.5, 0.6) is 5.75 Å². The maximum atomic E-state index is 13.7. The summed E-state index contributed by atoms with van der Waals surface area (Å²) in [7, 11) is 2.79. The number of benzene rings is 2. The zero-order chi connectivity index (χ0) is 37.4. The molecular formula is C35H32BrF6N3O5S. The molecule has 0 aliphatic carbocycles. The minimum atomic E-state index is -5.07. The number of thiophene rings is 1. The number of rotatable bonds is 10. The quantitative estimate of drug-likeness (QED) is 0.126. The highest BCUT2D eigenvalue weighted by Gasteiger charge is 2.43. The van der Waals surface area contributed by atoms with Gasteiger partial charge in [0.1, 0.15) is 22.5 Å². The summed E-state index contributed by atoms with van der Waals surface area (Å²) in [6.45, 7) is 5.59. The van der Waals surface area contributed by atoms with Crippen molar-refractivity contribution in [1.29, 1.82) is 0 Å². The van der Waals surface area contributed by atoms with Crippen LogP contribution >= 0.6 is 27.3 Å². The van der Waals surface area contributed by atoms with Gasteiger partial charge in [0.25, 0.3) is 0 Å². The van der Waals surface area contributed by atoms with Crippen LogP contribution in [0.15, 0.2) is 52.3 Å². The van der Waals surface area contributed by atoms with Crippen LogP contribution < -0.4 is 10.1 Å². The molecule has 0 saturated carbocycles. The fraction of sp³-hybridized carbons (Fsp3) is 0.343. The predicted octanol–water partition coefficient (Wildman–Crippen LogP) is 10.3.